The highest BCUT2D eigenvalue weighted by Gasteiger charge is 2.09. The van der Waals surface area contributed by atoms with Gasteiger partial charge in [-0.25, -0.2) is 4.98 Å². The molecule has 0 N–H and O–H groups in total. The average molecular weight is 272 g/mol. The van der Waals surface area contributed by atoms with Gasteiger partial charge in [0.05, 0.1) is 0 Å². The lowest BCUT2D eigenvalue weighted by atomic mass is 10.0. The smallest absolute Gasteiger partial charge is 0.151 e. The summed E-state index contributed by atoms with van der Waals surface area (Å²) in [4.78, 5) is 4.17. The van der Waals surface area contributed by atoms with Gasteiger partial charge in [-0.05, 0) is 30.0 Å². The maximum absolute atomic E-state index is 8.74. The van der Waals surface area contributed by atoms with Crippen LogP contribution in [0.15, 0.2) is 23.6 Å². The maximum Gasteiger partial charge on any atom is 0.151 e. The van der Waals surface area contributed by atoms with Crippen LogP contribution in [0, 0.1) is 18.3 Å². The van der Waals surface area contributed by atoms with Gasteiger partial charge in [-0.3, -0.25) is 0 Å². The molecule has 0 unspecified atom stereocenters. The van der Waals surface area contributed by atoms with Gasteiger partial charge in [0.2, 0.25) is 0 Å². The Morgan fingerprint density at radius 3 is 2.84 bits per heavy atom. The summed E-state index contributed by atoms with van der Waals surface area (Å²) in [5, 5.41) is 11.3. The lowest BCUT2D eigenvalue weighted by Gasteiger charge is -2.14. The quantitative estimate of drug-likeness (QED) is 0.844. The minimum Gasteiger partial charge on any atom is -0.486 e. The fraction of sp³-hybridized carbons (Fsp3) is 0.333. The topological polar surface area (TPSA) is 45.9 Å². The Bertz CT molecular complexity index is 611. The molecule has 0 aliphatic heterocycles. The van der Waals surface area contributed by atoms with Crippen LogP contribution in [0.25, 0.3) is 0 Å². The fourth-order valence-electron chi connectivity index (χ4n) is 1.81. The first-order chi connectivity index (χ1) is 9.10. The first kappa shape index (κ1) is 13.6. The largest absolute Gasteiger partial charge is 0.486 e. The van der Waals surface area contributed by atoms with Crippen LogP contribution in [-0.2, 0) is 6.61 Å². The lowest BCUT2D eigenvalue weighted by Crippen LogP contribution is -2.00. The van der Waals surface area contributed by atoms with Crippen molar-refractivity contribution in [2.75, 3.05) is 0 Å². The second kappa shape index (κ2) is 5.85. The Kier molecular flexibility index (Phi) is 4.18. The SMILES string of the molecule is Cc1ccc(C(C)C)c(OCc2nc(C#N)cs2)c1. The molecule has 98 valence electrons. The van der Waals surface area contributed by atoms with Crippen molar-refractivity contribution in [1.82, 2.24) is 4.98 Å². The fourth-order valence-corrected chi connectivity index (χ4v) is 2.44. The van der Waals surface area contributed by atoms with Gasteiger partial charge in [0.1, 0.15) is 23.4 Å². The van der Waals surface area contributed by atoms with Crippen molar-refractivity contribution >= 4 is 11.3 Å². The van der Waals surface area contributed by atoms with E-state index in [2.05, 4.69) is 31.0 Å². The Morgan fingerprint density at radius 1 is 1.42 bits per heavy atom. The van der Waals surface area contributed by atoms with Gasteiger partial charge < -0.3 is 4.74 Å². The number of aryl methyl sites for hydroxylation is 1. The molecule has 0 spiro atoms. The summed E-state index contributed by atoms with van der Waals surface area (Å²) in [6, 6.07) is 8.28. The molecule has 0 bridgehead atoms. The molecule has 4 heteroatoms. The van der Waals surface area contributed by atoms with E-state index in [9.17, 15) is 0 Å². The van der Waals surface area contributed by atoms with Crippen molar-refractivity contribution < 1.29 is 4.74 Å². The van der Waals surface area contributed by atoms with E-state index in [0.717, 1.165) is 10.8 Å². The summed E-state index contributed by atoms with van der Waals surface area (Å²) in [5.74, 6) is 1.32. The van der Waals surface area contributed by atoms with Crippen molar-refractivity contribution in [1.29, 1.82) is 5.26 Å². The van der Waals surface area contributed by atoms with Gasteiger partial charge in [-0.2, -0.15) is 5.26 Å². The highest BCUT2D eigenvalue weighted by molar-refractivity contribution is 7.09. The number of aromatic nitrogens is 1. The normalized spacial score (nSPS) is 10.5. The number of benzene rings is 1. The molecule has 0 aliphatic carbocycles. The van der Waals surface area contributed by atoms with E-state index < -0.39 is 0 Å². The molecule has 0 aliphatic rings. The van der Waals surface area contributed by atoms with Crippen LogP contribution in [0.5, 0.6) is 5.75 Å². The van der Waals surface area contributed by atoms with Gasteiger partial charge in [0.25, 0.3) is 0 Å². The van der Waals surface area contributed by atoms with Crippen molar-refractivity contribution in [2.24, 2.45) is 0 Å². The molecule has 3 nitrogen and oxygen atoms in total. The van der Waals surface area contributed by atoms with Gasteiger partial charge in [-0.1, -0.05) is 26.0 Å². The van der Waals surface area contributed by atoms with Crippen LogP contribution in [-0.4, -0.2) is 4.98 Å². The molecule has 2 rings (SSSR count). The van der Waals surface area contributed by atoms with Gasteiger partial charge in [0.15, 0.2) is 5.69 Å². The molecule has 1 heterocycles. The summed E-state index contributed by atoms with van der Waals surface area (Å²) in [5.41, 5.74) is 2.83. The Balaban J connectivity index is 2.14. The zero-order valence-electron chi connectivity index (χ0n) is 11.3. The lowest BCUT2D eigenvalue weighted by molar-refractivity contribution is 0.301. The highest BCUT2D eigenvalue weighted by Crippen LogP contribution is 2.28. The molecule has 0 saturated carbocycles. The maximum atomic E-state index is 8.74. The van der Waals surface area contributed by atoms with Crippen LogP contribution in [0.4, 0.5) is 0 Å². The number of hydrogen-bond donors (Lipinski definition) is 0. The molecule has 1 aromatic carbocycles. The first-order valence-electron chi connectivity index (χ1n) is 6.18. The van der Waals surface area contributed by atoms with Gasteiger partial charge >= 0.3 is 0 Å². The minimum atomic E-state index is 0.412. The molecule has 0 amide bonds. The second-order valence-electron chi connectivity index (χ2n) is 4.72. The number of nitriles is 1. The minimum absolute atomic E-state index is 0.412. The van der Waals surface area contributed by atoms with Crippen LogP contribution >= 0.6 is 11.3 Å². The third kappa shape index (κ3) is 3.33. The summed E-state index contributed by atoms with van der Waals surface area (Å²) < 4.78 is 5.86. The number of thiazole rings is 1. The van der Waals surface area contributed by atoms with E-state index in [4.69, 9.17) is 10.00 Å². The third-order valence-electron chi connectivity index (χ3n) is 2.81. The van der Waals surface area contributed by atoms with E-state index >= 15 is 0 Å². The number of hydrogen-bond acceptors (Lipinski definition) is 4. The van der Waals surface area contributed by atoms with E-state index in [1.807, 2.05) is 19.1 Å². The third-order valence-corrected chi connectivity index (χ3v) is 3.63. The first-order valence-corrected chi connectivity index (χ1v) is 7.06. The molecule has 0 saturated heterocycles. The molecular formula is C15H16N2OS. The monoisotopic (exact) mass is 272 g/mol. The van der Waals surface area contributed by atoms with E-state index in [0.29, 0.717) is 18.2 Å². The molecule has 0 fully saturated rings. The average Bonchev–Trinajstić information content (AvgIpc) is 2.84. The molecule has 0 radical (unpaired) electrons. The Labute approximate surface area is 117 Å². The van der Waals surface area contributed by atoms with Crippen LogP contribution in [0.2, 0.25) is 0 Å². The van der Waals surface area contributed by atoms with Gasteiger partial charge in [-0.15, -0.1) is 11.3 Å². The van der Waals surface area contributed by atoms with E-state index in [1.165, 1.54) is 22.5 Å². The summed E-state index contributed by atoms with van der Waals surface area (Å²) >= 11 is 1.45. The number of ether oxygens (including phenoxy) is 1. The van der Waals surface area contributed by atoms with Crippen molar-refractivity contribution in [3.05, 3.63) is 45.4 Å². The van der Waals surface area contributed by atoms with Crippen LogP contribution in [0.1, 0.15) is 41.6 Å². The van der Waals surface area contributed by atoms with Crippen molar-refractivity contribution in [3.8, 4) is 11.8 Å². The number of rotatable bonds is 4. The second-order valence-corrected chi connectivity index (χ2v) is 5.67. The molecule has 0 atom stereocenters. The molecule has 19 heavy (non-hydrogen) atoms. The molecular weight excluding hydrogens is 256 g/mol. The van der Waals surface area contributed by atoms with Gasteiger partial charge in [0, 0.05) is 5.38 Å². The standard InChI is InChI=1S/C15H16N2OS/c1-10(2)13-5-4-11(3)6-14(13)18-8-15-17-12(7-16)9-19-15/h4-6,9-10H,8H2,1-3H3. The van der Waals surface area contributed by atoms with Crippen molar-refractivity contribution in [3.63, 3.8) is 0 Å². The summed E-state index contributed by atoms with van der Waals surface area (Å²) in [6.07, 6.45) is 0. The summed E-state index contributed by atoms with van der Waals surface area (Å²) in [7, 11) is 0. The molecule has 2 aromatic rings. The summed E-state index contributed by atoms with van der Waals surface area (Å²) in [6.45, 7) is 6.76. The van der Waals surface area contributed by atoms with Crippen molar-refractivity contribution in [2.45, 2.75) is 33.3 Å². The number of nitrogens with zero attached hydrogens (tertiary/aromatic N) is 2. The van der Waals surface area contributed by atoms with E-state index in [1.54, 1.807) is 5.38 Å². The predicted molar refractivity (Wildman–Crippen MR) is 76.4 cm³/mol. The predicted octanol–water partition coefficient (Wildman–Crippen LogP) is 4.03. The van der Waals surface area contributed by atoms with E-state index in [-0.39, 0.29) is 0 Å². The highest BCUT2D eigenvalue weighted by atomic mass is 32.1. The molecule has 1 aromatic heterocycles. The Morgan fingerprint density at radius 2 is 2.21 bits per heavy atom. The zero-order valence-corrected chi connectivity index (χ0v) is 12.1. The zero-order chi connectivity index (χ0) is 13.8. The van der Waals surface area contributed by atoms with Crippen LogP contribution in [0.3, 0.4) is 0 Å². The van der Waals surface area contributed by atoms with Crippen LogP contribution < -0.4 is 4.74 Å². The Hall–Kier alpha value is -1.86.